The fourth-order valence-electron chi connectivity index (χ4n) is 2.48. The molecule has 0 atom stereocenters. The van der Waals surface area contributed by atoms with Crippen LogP contribution >= 0.6 is 0 Å². The Morgan fingerprint density at radius 1 is 1.22 bits per heavy atom. The van der Waals surface area contributed by atoms with Crippen molar-refractivity contribution in [2.45, 2.75) is 6.42 Å². The Kier molecular flexibility index (Phi) is 4.23. The molecule has 1 N–H and O–H groups in total. The molecule has 118 valence electrons. The molecule has 1 aromatic carbocycles. The SMILES string of the molecule is Cn1ncc(C(=O)NCCc2ccccc2F)c1-n1cccc1. The lowest BCUT2D eigenvalue weighted by molar-refractivity contribution is 0.0954. The lowest BCUT2D eigenvalue weighted by Gasteiger charge is -2.08. The number of nitrogens with one attached hydrogen (secondary N) is 1. The maximum absolute atomic E-state index is 13.6. The van der Waals surface area contributed by atoms with E-state index in [1.165, 1.54) is 12.3 Å². The van der Waals surface area contributed by atoms with Crippen LogP contribution in [0.15, 0.2) is 55.0 Å². The van der Waals surface area contributed by atoms with E-state index in [-0.39, 0.29) is 11.7 Å². The van der Waals surface area contributed by atoms with Crippen molar-refractivity contribution >= 4 is 5.91 Å². The second-order valence-corrected chi connectivity index (χ2v) is 5.19. The molecule has 0 aliphatic rings. The van der Waals surface area contributed by atoms with Gasteiger partial charge in [0.2, 0.25) is 0 Å². The molecule has 3 aromatic rings. The Balaban J connectivity index is 1.69. The molecule has 0 aliphatic carbocycles. The van der Waals surface area contributed by atoms with Crippen LogP contribution in [0.2, 0.25) is 0 Å². The molecular weight excluding hydrogens is 295 g/mol. The molecule has 5 nitrogen and oxygen atoms in total. The molecule has 23 heavy (non-hydrogen) atoms. The standard InChI is InChI=1S/C17H17FN4O/c1-21-17(22-10-4-5-11-22)14(12-20-21)16(23)19-9-8-13-6-2-3-7-15(13)18/h2-7,10-12H,8-9H2,1H3,(H,19,23). The molecule has 0 aliphatic heterocycles. The third kappa shape index (κ3) is 3.15. The number of rotatable bonds is 5. The minimum absolute atomic E-state index is 0.224. The summed E-state index contributed by atoms with van der Waals surface area (Å²) in [6, 6.07) is 10.3. The van der Waals surface area contributed by atoms with Gasteiger partial charge >= 0.3 is 0 Å². The van der Waals surface area contributed by atoms with Crippen LogP contribution in [0.25, 0.3) is 5.82 Å². The summed E-state index contributed by atoms with van der Waals surface area (Å²) in [5.74, 6) is 0.215. The van der Waals surface area contributed by atoms with Gasteiger partial charge in [-0.3, -0.25) is 9.48 Å². The topological polar surface area (TPSA) is 51.9 Å². The zero-order chi connectivity index (χ0) is 16.2. The molecule has 1 amide bonds. The minimum atomic E-state index is -0.254. The smallest absolute Gasteiger partial charge is 0.256 e. The third-order valence-electron chi connectivity index (χ3n) is 3.64. The van der Waals surface area contributed by atoms with Crippen LogP contribution in [0.4, 0.5) is 4.39 Å². The second-order valence-electron chi connectivity index (χ2n) is 5.19. The Hall–Kier alpha value is -2.89. The van der Waals surface area contributed by atoms with Crippen LogP contribution in [-0.2, 0) is 13.5 Å². The van der Waals surface area contributed by atoms with Gasteiger partial charge in [0.15, 0.2) is 0 Å². The summed E-state index contributed by atoms with van der Waals surface area (Å²) in [6.45, 7) is 0.361. The van der Waals surface area contributed by atoms with E-state index in [0.29, 0.717) is 29.9 Å². The predicted octanol–water partition coefficient (Wildman–Crippen LogP) is 2.32. The average molecular weight is 312 g/mol. The fraction of sp³-hybridized carbons (Fsp3) is 0.176. The molecule has 2 heterocycles. The van der Waals surface area contributed by atoms with Crippen molar-refractivity contribution in [3.8, 4) is 5.82 Å². The number of carbonyl (C=O) groups excluding carboxylic acids is 1. The van der Waals surface area contributed by atoms with Crippen LogP contribution in [0.5, 0.6) is 0 Å². The van der Waals surface area contributed by atoms with Gasteiger partial charge in [0.05, 0.1) is 6.20 Å². The van der Waals surface area contributed by atoms with Gasteiger partial charge in [-0.05, 0) is 30.2 Å². The van der Waals surface area contributed by atoms with Crippen LogP contribution in [0, 0.1) is 5.82 Å². The monoisotopic (exact) mass is 312 g/mol. The van der Waals surface area contributed by atoms with Gasteiger partial charge in [-0.1, -0.05) is 18.2 Å². The first-order valence-electron chi connectivity index (χ1n) is 7.34. The molecule has 0 radical (unpaired) electrons. The summed E-state index contributed by atoms with van der Waals surface area (Å²) in [7, 11) is 1.78. The highest BCUT2D eigenvalue weighted by Crippen LogP contribution is 2.14. The van der Waals surface area contributed by atoms with E-state index in [1.54, 1.807) is 29.9 Å². The molecule has 0 spiro atoms. The molecule has 3 rings (SSSR count). The van der Waals surface area contributed by atoms with Gasteiger partial charge in [-0.25, -0.2) is 4.39 Å². The first kappa shape index (κ1) is 15.0. The largest absolute Gasteiger partial charge is 0.352 e. The second kappa shape index (κ2) is 6.48. The average Bonchev–Trinajstić information content (AvgIpc) is 3.18. The summed E-state index contributed by atoms with van der Waals surface area (Å²) in [4.78, 5) is 12.4. The molecule has 0 fully saturated rings. The van der Waals surface area contributed by atoms with Gasteiger partial charge in [-0.15, -0.1) is 0 Å². The van der Waals surface area contributed by atoms with Gasteiger partial charge in [-0.2, -0.15) is 5.10 Å². The zero-order valence-corrected chi connectivity index (χ0v) is 12.7. The highest BCUT2D eigenvalue weighted by atomic mass is 19.1. The summed E-state index contributed by atoms with van der Waals surface area (Å²) in [5.41, 5.74) is 1.07. The van der Waals surface area contributed by atoms with E-state index in [2.05, 4.69) is 10.4 Å². The van der Waals surface area contributed by atoms with E-state index in [4.69, 9.17) is 0 Å². The van der Waals surface area contributed by atoms with Crippen molar-refractivity contribution in [2.75, 3.05) is 6.54 Å². The lowest BCUT2D eigenvalue weighted by atomic mass is 10.1. The number of benzene rings is 1. The van der Waals surface area contributed by atoms with Gasteiger partial charge in [0.25, 0.3) is 5.91 Å². The van der Waals surface area contributed by atoms with Crippen molar-refractivity contribution in [3.05, 3.63) is 71.9 Å². The Bertz CT molecular complexity index is 808. The maximum atomic E-state index is 13.6. The first-order chi connectivity index (χ1) is 11.2. The summed E-state index contributed by atoms with van der Waals surface area (Å²) in [6.07, 6.45) is 5.69. The van der Waals surface area contributed by atoms with E-state index in [9.17, 15) is 9.18 Å². The van der Waals surface area contributed by atoms with Crippen LogP contribution in [0.1, 0.15) is 15.9 Å². The summed E-state index contributed by atoms with van der Waals surface area (Å²) >= 11 is 0. The molecule has 6 heteroatoms. The molecule has 0 saturated heterocycles. The number of hydrogen-bond donors (Lipinski definition) is 1. The summed E-state index contributed by atoms with van der Waals surface area (Å²) < 4.78 is 17.0. The first-order valence-corrected chi connectivity index (χ1v) is 7.34. The fourth-order valence-corrected chi connectivity index (χ4v) is 2.48. The van der Waals surface area contributed by atoms with E-state index < -0.39 is 0 Å². The number of carbonyl (C=O) groups is 1. The predicted molar refractivity (Wildman–Crippen MR) is 85.0 cm³/mol. The molecule has 0 unspecified atom stereocenters. The maximum Gasteiger partial charge on any atom is 0.256 e. The van der Waals surface area contributed by atoms with Crippen LogP contribution in [-0.4, -0.2) is 26.8 Å². The quantitative estimate of drug-likeness (QED) is 0.786. The minimum Gasteiger partial charge on any atom is -0.352 e. The van der Waals surface area contributed by atoms with E-state index in [1.807, 2.05) is 29.1 Å². The zero-order valence-electron chi connectivity index (χ0n) is 12.7. The van der Waals surface area contributed by atoms with E-state index >= 15 is 0 Å². The van der Waals surface area contributed by atoms with Crippen molar-refractivity contribution < 1.29 is 9.18 Å². The number of aromatic nitrogens is 3. The van der Waals surface area contributed by atoms with Crippen molar-refractivity contribution in [3.63, 3.8) is 0 Å². The highest BCUT2D eigenvalue weighted by molar-refractivity contribution is 5.97. The number of amides is 1. The lowest BCUT2D eigenvalue weighted by Crippen LogP contribution is -2.26. The van der Waals surface area contributed by atoms with Crippen LogP contribution < -0.4 is 5.32 Å². The molecule has 2 aromatic heterocycles. The number of aryl methyl sites for hydroxylation is 1. The van der Waals surface area contributed by atoms with Gasteiger partial charge < -0.3 is 9.88 Å². The Morgan fingerprint density at radius 2 is 1.96 bits per heavy atom. The highest BCUT2D eigenvalue weighted by Gasteiger charge is 2.16. The number of halogens is 1. The van der Waals surface area contributed by atoms with Crippen LogP contribution in [0.3, 0.4) is 0 Å². The van der Waals surface area contributed by atoms with Gasteiger partial charge in [0, 0.05) is 26.0 Å². The molecule has 0 bridgehead atoms. The van der Waals surface area contributed by atoms with Crippen molar-refractivity contribution in [1.82, 2.24) is 19.7 Å². The summed E-state index contributed by atoms with van der Waals surface area (Å²) in [5, 5.41) is 6.97. The van der Waals surface area contributed by atoms with Gasteiger partial charge in [0.1, 0.15) is 17.2 Å². The Labute approximate surface area is 133 Å². The van der Waals surface area contributed by atoms with Crippen molar-refractivity contribution in [2.24, 2.45) is 7.05 Å². The third-order valence-corrected chi connectivity index (χ3v) is 3.64. The number of hydrogen-bond acceptors (Lipinski definition) is 2. The van der Waals surface area contributed by atoms with E-state index in [0.717, 1.165) is 0 Å². The number of nitrogens with zero attached hydrogens (tertiary/aromatic N) is 3. The Morgan fingerprint density at radius 3 is 2.70 bits per heavy atom. The molecule has 0 saturated carbocycles. The van der Waals surface area contributed by atoms with Crippen molar-refractivity contribution in [1.29, 1.82) is 0 Å². The normalized spacial score (nSPS) is 10.7. The molecular formula is C17H17FN4O.